The van der Waals surface area contributed by atoms with Gasteiger partial charge in [0.15, 0.2) is 0 Å². The molecule has 0 radical (unpaired) electrons. The molecule has 2 rings (SSSR count). The maximum atomic E-state index is 13.2. The summed E-state index contributed by atoms with van der Waals surface area (Å²) in [5, 5.41) is 3.00. The van der Waals surface area contributed by atoms with E-state index >= 15 is 0 Å². The Bertz CT molecular complexity index is 623. The van der Waals surface area contributed by atoms with E-state index in [1.807, 2.05) is 19.1 Å². The largest absolute Gasteiger partial charge is 0.419 e. The van der Waals surface area contributed by atoms with Crippen molar-refractivity contribution >= 4 is 0 Å². The maximum Gasteiger partial charge on any atom is 0.419 e. The van der Waals surface area contributed by atoms with E-state index in [4.69, 9.17) is 0 Å². The smallest absolute Gasteiger partial charge is 0.307 e. The van der Waals surface area contributed by atoms with Gasteiger partial charge in [0, 0.05) is 19.3 Å². The minimum atomic E-state index is -4.68. The minimum Gasteiger partial charge on any atom is -0.307 e. The van der Waals surface area contributed by atoms with Crippen molar-refractivity contribution in [2.75, 3.05) is 0 Å². The van der Waals surface area contributed by atoms with E-state index < -0.39 is 17.6 Å². The summed E-state index contributed by atoms with van der Waals surface area (Å²) < 4.78 is 51.0. The monoisotopic (exact) mass is 298 g/mol. The molecule has 0 saturated carbocycles. The van der Waals surface area contributed by atoms with Crippen LogP contribution in [0.25, 0.3) is 0 Å². The molecule has 6 heteroatoms. The summed E-state index contributed by atoms with van der Waals surface area (Å²) in [5.41, 5.74) is 0.962. The number of rotatable bonds is 4. The molecule has 0 atom stereocenters. The Morgan fingerprint density at radius 3 is 2.57 bits per heavy atom. The van der Waals surface area contributed by atoms with Gasteiger partial charge in [0.25, 0.3) is 0 Å². The molecule has 0 unspecified atom stereocenters. The molecule has 1 N–H and O–H groups in total. The second-order valence-corrected chi connectivity index (χ2v) is 4.68. The van der Waals surface area contributed by atoms with Crippen molar-refractivity contribution in [3.05, 3.63) is 64.7 Å². The van der Waals surface area contributed by atoms with Gasteiger partial charge in [-0.15, -0.1) is 0 Å². The molecule has 1 heterocycles. The van der Waals surface area contributed by atoms with Gasteiger partial charge in [-0.2, -0.15) is 13.2 Å². The molecule has 0 bridgehead atoms. The van der Waals surface area contributed by atoms with Crippen molar-refractivity contribution in [1.29, 1.82) is 0 Å². The molecule has 0 amide bonds. The normalized spacial score (nSPS) is 11.7. The van der Waals surface area contributed by atoms with Crippen LogP contribution in [0.15, 0.2) is 36.5 Å². The van der Waals surface area contributed by atoms with E-state index in [9.17, 15) is 17.6 Å². The summed E-state index contributed by atoms with van der Waals surface area (Å²) in [4.78, 5) is 4.18. The highest BCUT2D eigenvalue weighted by Crippen LogP contribution is 2.31. The van der Waals surface area contributed by atoms with Gasteiger partial charge in [-0.25, -0.2) is 4.39 Å². The van der Waals surface area contributed by atoms with E-state index in [0.29, 0.717) is 12.1 Å². The van der Waals surface area contributed by atoms with Crippen LogP contribution in [-0.4, -0.2) is 4.98 Å². The van der Waals surface area contributed by atoms with Crippen molar-refractivity contribution in [1.82, 2.24) is 10.3 Å². The first-order valence-electron chi connectivity index (χ1n) is 6.35. The van der Waals surface area contributed by atoms with Crippen LogP contribution in [0.5, 0.6) is 0 Å². The second-order valence-electron chi connectivity index (χ2n) is 4.68. The average molecular weight is 298 g/mol. The van der Waals surface area contributed by atoms with Gasteiger partial charge in [0.2, 0.25) is 0 Å². The Kier molecular flexibility index (Phi) is 4.57. The lowest BCUT2D eigenvalue weighted by Crippen LogP contribution is -2.16. The molecule has 1 aromatic heterocycles. The lowest BCUT2D eigenvalue weighted by atomic mass is 10.1. The molecule has 0 spiro atoms. The number of hydrogen-bond acceptors (Lipinski definition) is 2. The molecule has 1 aromatic carbocycles. The van der Waals surface area contributed by atoms with Crippen LogP contribution in [0.2, 0.25) is 0 Å². The Labute approximate surface area is 119 Å². The van der Waals surface area contributed by atoms with Gasteiger partial charge >= 0.3 is 6.18 Å². The number of halogens is 4. The number of aromatic nitrogens is 1. The highest BCUT2D eigenvalue weighted by molar-refractivity contribution is 5.27. The standard InChI is InChI=1S/C15H14F4N2/c1-10-3-2-6-21-14(10)9-20-8-11-4-5-13(16)12(7-11)15(17,18)19/h2-7,20H,8-9H2,1H3. The van der Waals surface area contributed by atoms with Crippen molar-refractivity contribution < 1.29 is 17.6 Å². The summed E-state index contributed by atoms with van der Waals surface area (Å²) >= 11 is 0. The third kappa shape index (κ3) is 4.01. The summed E-state index contributed by atoms with van der Waals surface area (Å²) in [6, 6.07) is 6.72. The molecule has 0 aliphatic carbocycles. The van der Waals surface area contributed by atoms with Crippen LogP contribution in [0.4, 0.5) is 17.6 Å². The highest BCUT2D eigenvalue weighted by atomic mass is 19.4. The second kappa shape index (κ2) is 6.22. The van der Waals surface area contributed by atoms with Crippen LogP contribution in [0.3, 0.4) is 0 Å². The average Bonchev–Trinajstić information content (AvgIpc) is 2.41. The fourth-order valence-corrected chi connectivity index (χ4v) is 1.93. The van der Waals surface area contributed by atoms with E-state index in [1.54, 1.807) is 6.20 Å². The number of pyridine rings is 1. The number of aryl methyl sites for hydroxylation is 1. The van der Waals surface area contributed by atoms with Crippen LogP contribution in [0, 0.1) is 12.7 Å². The van der Waals surface area contributed by atoms with Crippen LogP contribution >= 0.6 is 0 Å². The fourth-order valence-electron chi connectivity index (χ4n) is 1.93. The van der Waals surface area contributed by atoms with Gasteiger partial charge in [-0.1, -0.05) is 12.1 Å². The molecule has 2 nitrogen and oxygen atoms in total. The number of alkyl halides is 3. The summed E-state index contributed by atoms with van der Waals surface area (Å²) in [7, 11) is 0. The van der Waals surface area contributed by atoms with Gasteiger partial charge in [-0.3, -0.25) is 4.98 Å². The number of hydrogen-bond donors (Lipinski definition) is 1. The Balaban J connectivity index is 2.03. The third-order valence-corrected chi connectivity index (χ3v) is 3.08. The molecule has 112 valence electrons. The van der Waals surface area contributed by atoms with E-state index in [-0.39, 0.29) is 6.54 Å². The Morgan fingerprint density at radius 2 is 1.90 bits per heavy atom. The first-order valence-corrected chi connectivity index (χ1v) is 6.35. The van der Waals surface area contributed by atoms with Crippen LogP contribution in [-0.2, 0) is 19.3 Å². The Morgan fingerprint density at radius 1 is 1.14 bits per heavy atom. The topological polar surface area (TPSA) is 24.9 Å². The van der Waals surface area contributed by atoms with Crippen molar-refractivity contribution in [3.63, 3.8) is 0 Å². The first kappa shape index (κ1) is 15.4. The van der Waals surface area contributed by atoms with E-state index in [2.05, 4.69) is 10.3 Å². The summed E-state index contributed by atoms with van der Waals surface area (Å²) in [6.45, 7) is 2.55. The van der Waals surface area contributed by atoms with Crippen molar-refractivity contribution in [3.8, 4) is 0 Å². The maximum absolute atomic E-state index is 13.2. The summed E-state index contributed by atoms with van der Waals surface area (Å²) in [6.07, 6.45) is -3.03. The lowest BCUT2D eigenvalue weighted by molar-refractivity contribution is -0.140. The van der Waals surface area contributed by atoms with Gasteiger partial charge < -0.3 is 5.32 Å². The molecule has 0 fully saturated rings. The molecule has 0 aliphatic rings. The summed E-state index contributed by atoms with van der Waals surface area (Å²) in [5.74, 6) is -1.26. The van der Waals surface area contributed by atoms with Gasteiger partial charge in [-0.05, 0) is 36.2 Å². The Hall–Kier alpha value is -1.95. The predicted octanol–water partition coefficient (Wildman–Crippen LogP) is 3.84. The molecule has 21 heavy (non-hydrogen) atoms. The lowest BCUT2D eigenvalue weighted by Gasteiger charge is -2.11. The van der Waals surface area contributed by atoms with Crippen LogP contribution < -0.4 is 5.32 Å². The van der Waals surface area contributed by atoms with Crippen molar-refractivity contribution in [2.24, 2.45) is 0 Å². The minimum absolute atomic E-state index is 0.208. The van der Waals surface area contributed by atoms with E-state index in [0.717, 1.165) is 23.4 Å². The zero-order chi connectivity index (χ0) is 15.5. The predicted molar refractivity (Wildman–Crippen MR) is 70.9 cm³/mol. The fraction of sp³-hybridized carbons (Fsp3) is 0.267. The zero-order valence-corrected chi connectivity index (χ0v) is 11.3. The molecule has 2 aromatic rings. The van der Waals surface area contributed by atoms with Gasteiger partial charge in [0.1, 0.15) is 5.82 Å². The van der Waals surface area contributed by atoms with Gasteiger partial charge in [0.05, 0.1) is 11.3 Å². The molecular formula is C15H14F4N2. The number of benzene rings is 1. The zero-order valence-electron chi connectivity index (χ0n) is 11.3. The van der Waals surface area contributed by atoms with Crippen LogP contribution in [0.1, 0.15) is 22.4 Å². The number of nitrogens with one attached hydrogen (secondary N) is 1. The van der Waals surface area contributed by atoms with Crippen molar-refractivity contribution in [2.45, 2.75) is 26.2 Å². The highest BCUT2D eigenvalue weighted by Gasteiger charge is 2.34. The number of nitrogens with zero attached hydrogens (tertiary/aromatic N) is 1. The molecular weight excluding hydrogens is 284 g/mol. The quantitative estimate of drug-likeness (QED) is 0.868. The molecule has 0 aliphatic heterocycles. The SMILES string of the molecule is Cc1cccnc1CNCc1ccc(F)c(C(F)(F)F)c1. The molecule has 0 saturated heterocycles. The third-order valence-electron chi connectivity index (χ3n) is 3.08. The first-order chi connectivity index (χ1) is 9.88. The van der Waals surface area contributed by atoms with E-state index in [1.165, 1.54) is 6.07 Å².